The number of hydrogen-bond donors (Lipinski definition) is 2. The van der Waals surface area contributed by atoms with Gasteiger partial charge in [0, 0.05) is 12.7 Å². The second kappa shape index (κ2) is 6.25. The zero-order chi connectivity index (χ0) is 14.5. The van der Waals surface area contributed by atoms with Gasteiger partial charge in [-0.1, -0.05) is 23.7 Å². The highest BCUT2D eigenvalue weighted by atomic mass is 35.5. The molecule has 0 saturated heterocycles. The number of carbonyl (C=O) groups is 1. The molecule has 5 nitrogen and oxygen atoms in total. The van der Waals surface area contributed by atoms with Crippen LogP contribution < -0.4 is 10.1 Å². The second-order valence-electron chi connectivity index (χ2n) is 4.06. The number of aromatic carboxylic acids is 1. The van der Waals surface area contributed by atoms with Crippen molar-refractivity contribution in [1.29, 1.82) is 0 Å². The summed E-state index contributed by atoms with van der Waals surface area (Å²) in [5.74, 6) is -0.0143. The third-order valence-corrected chi connectivity index (χ3v) is 2.91. The van der Waals surface area contributed by atoms with Gasteiger partial charge in [0.15, 0.2) is 0 Å². The van der Waals surface area contributed by atoms with Crippen molar-refractivity contribution in [3.8, 4) is 5.75 Å². The number of halogens is 1. The largest absolute Gasteiger partial charge is 0.497 e. The minimum atomic E-state index is -1.07. The van der Waals surface area contributed by atoms with Crippen molar-refractivity contribution in [3.05, 3.63) is 52.7 Å². The second-order valence-corrected chi connectivity index (χ2v) is 4.49. The minimum Gasteiger partial charge on any atom is -0.497 e. The summed E-state index contributed by atoms with van der Waals surface area (Å²) in [6.07, 6.45) is 1.41. The molecule has 0 aliphatic rings. The number of methoxy groups -OCH3 is 1. The quantitative estimate of drug-likeness (QED) is 0.886. The molecule has 1 aromatic heterocycles. The van der Waals surface area contributed by atoms with Crippen LogP contribution in [0.25, 0.3) is 0 Å². The Labute approximate surface area is 121 Å². The molecule has 0 aliphatic heterocycles. The minimum absolute atomic E-state index is 0.0472. The Bertz CT molecular complexity index is 614. The number of hydrogen-bond acceptors (Lipinski definition) is 4. The first-order chi connectivity index (χ1) is 9.60. The molecule has 20 heavy (non-hydrogen) atoms. The van der Waals surface area contributed by atoms with Crippen LogP contribution in [0.3, 0.4) is 0 Å². The van der Waals surface area contributed by atoms with Gasteiger partial charge < -0.3 is 15.2 Å². The maximum Gasteiger partial charge on any atom is 0.339 e. The molecule has 2 N–H and O–H groups in total. The number of ether oxygens (including phenoxy) is 1. The predicted molar refractivity (Wildman–Crippen MR) is 76.5 cm³/mol. The Balaban J connectivity index is 2.12. The average molecular weight is 293 g/mol. The standard InChI is InChI=1S/C14H13ClN2O3/c1-20-11-4-2-9(3-5-11)7-16-13-12(14(18)19)6-10(15)8-17-13/h2-6,8H,7H2,1H3,(H,16,17)(H,18,19). The molecule has 1 aromatic carbocycles. The molecule has 1 heterocycles. The first kappa shape index (κ1) is 14.1. The van der Waals surface area contributed by atoms with Crippen molar-refractivity contribution >= 4 is 23.4 Å². The molecule has 6 heteroatoms. The molecule has 2 rings (SSSR count). The molecule has 0 bridgehead atoms. The lowest BCUT2D eigenvalue weighted by Gasteiger charge is -2.09. The highest BCUT2D eigenvalue weighted by molar-refractivity contribution is 6.30. The molecule has 0 aliphatic carbocycles. The summed E-state index contributed by atoms with van der Waals surface area (Å²) in [6, 6.07) is 8.83. The van der Waals surface area contributed by atoms with Gasteiger partial charge >= 0.3 is 5.97 Å². The van der Waals surface area contributed by atoms with Gasteiger partial charge in [-0.25, -0.2) is 9.78 Å². The van der Waals surface area contributed by atoms with E-state index in [-0.39, 0.29) is 16.4 Å². The third-order valence-electron chi connectivity index (χ3n) is 2.70. The molecular weight excluding hydrogens is 280 g/mol. The first-order valence-corrected chi connectivity index (χ1v) is 6.23. The fourth-order valence-corrected chi connectivity index (χ4v) is 1.83. The van der Waals surface area contributed by atoms with Gasteiger partial charge in [0.25, 0.3) is 0 Å². The van der Waals surface area contributed by atoms with Crippen LogP contribution in [0.5, 0.6) is 5.75 Å². The Hall–Kier alpha value is -2.27. The van der Waals surface area contributed by atoms with Gasteiger partial charge in [-0.05, 0) is 23.8 Å². The van der Waals surface area contributed by atoms with Crippen LogP contribution in [-0.4, -0.2) is 23.2 Å². The molecule has 104 valence electrons. The van der Waals surface area contributed by atoms with Gasteiger partial charge in [-0.3, -0.25) is 0 Å². The Morgan fingerprint density at radius 2 is 2.10 bits per heavy atom. The molecule has 0 radical (unpaired) electrons. The maximum absolute atomic E-state index is 11.1. The van der Waals surface area contributed by atoms with Gasteiger partial charge in [-0.2, -0.15) is 0 Å². The lowest BCUT2D eigenvalue weighted by Crippen LogP contribution is -2.08. The van der Waals surface area contributed by atoms with Crippen LogP contribution in [0.15, 0.2) is 36.5 Å². The van der Waals surface area contributed by atoms with Gasteiger partial charge in [0.2, 0.25) is 0 Å². The number of nitrogens with one attached hydrogen (secondary N) is 1. The summed E-state index contributed by atoms with van der Waals surface area (Å²) >= 11 is 5.74. The molecule has 0 saturated carbocycles. The van der Waals surface area contributed by atoms with Crippen LogP contribution in [-0.2, 0) is 6.54 Å². The van der Waals surface area contributed by atoms with E-state index in [1.54, 1.807) is 7.11 Å². The molecular formula is C14H13ClN2O3. The average Bonchev–Trinajstić information content (AvgIpc) is 2.46. The van der Waals surface area contributed by atoms with E-state index < -0.39 is 5.97 Å². The highest BCUT2D eigenvalue weighted by Crippen LogP contribution is 2.19. The monoisotopic (exact) mass is 292 g/mol. The summed E-state index contributed by atoms with van der Waals surface area (Å²) in [6.45, 7) is 0.457. The smallest absolute Gasteiger partial charge is 0.339 e. The molecule has 0 amide bonds. The number of pyridine rings is 1. The van der Waals surface area contributed by atoms with Gasteiger partial charge in [0.1, 0.15) is 17.1 Å². The summed E-state index contributed by atoms with van der Waals surface area (Å²) in [5, 5.41) is 12.4. The Kier molecular flexibility index (Phi) is 4.42. The highest BCUT2D eigenvalue weighted by Gasteiger charge is 2.11. The Morgan fingerprint density at radius 1 is 1.40 bits per heavy atom. The molecule has 0 fully saturated rings. The van der Waals surface area contributed by atoms with E-state index in [0.717, 1.165) is 11.3 Å². The van der Waals surface area contributed by atoms with Gasteiger partial charge in [0.05, 0.1) is 12.1 Å². The van der Waals surface area contributed by atoms with Crippen molar-refractivity contribution in [2.75, 3.05) is 12.4 Å². The van der Waals surface area contributed by atoms with E-state index in [1.807, 2.05) is 24.3 Å². The van der Waals surface area contributed by atoms with Crippen LogP contribution in [0, 0.1) is 0 Å². The SMILES string of the molecule is COc1ccc(CNc2ncc(Cl)cc2C(=O)O)cc1. The topological polar surface area (TPSA) is 71.5 Å². The number of aromatic nitrogens is 1. The third kappa shape index (κ3) is 3.39. The molecule has 0 unspecified atom stereocenters. The van der Waals surface area contributed by atoms with E-state index in [4.69, 9.17) is 21.4 Å². The van der Waals surface area contributed by atoms with E-state index in [9.17, 15) is 4.79 Å². The van der Waals surface area contributed by atoms with Crippen LogP contribution >= 0.6 is 11.6 Å². The van der Waals surface area contributed by atoms with Crippen molar-refractivity contribution in [2.24, 2.45) is 0 Å². The maximum atomic E-state index is 11.1. The summed E-state index contributed by atoms with van der Waals surface area (Å²) in [4.78, 5) is 15.1. The number of benzene rings is 1. The van der Waals surface area contributed by atoms with Crippen LogP contribution in [0.2, 0.25) is 5.02 Å². The number of rotatable bonds is 5. The summed E-state index contributed by atoms with van der Waals surface area (Å²) in [5.41, 5.74) is 1.03. The van der Waals surface area contributed by atoms with Crippen LogP contribution in [0.4, 0.5) is 5.82 Å². The fraction of sp³-hybridized carbons (Fsp3) is 0.143. The lowest BCUT2D eigenvalue weighted by molar-refractivity contribution is 0.0697. The van der Waals surface area contributed by atoms with E-state index in [0.29, 0.717) is 6.54 Å². The van der Waals surface area contributed by atoms with E-state index in [2.05, 4.69) is 10.3 Å². The number of carboxylic acids is 1. The Morgan fingerprint density at radius 3 is 2.70 bits per heavy atom. The number of carboxylic acid groups (broad SMARTS) is 1. The van der Waals surface area contributed by atoms with Crippen molar-refractivity contribution in [2.45, 2.75) is 6.54 Å². The van der Waals surface area contributed by atoms with Gasteiger partial charge in [-0.15, -0.1) is 0 Å². The first-order valence-electron chi connectivity index (χ1n) is 5.86. The fourth-order valence-electron chi connectivity index (χ4n) is 1.67. The summed E-state index contributed by atoms with van der Waals surface area (Å²) in [7, 11) is 1.60. The predicted octanol–water partition coefficient (Wildman–Crippen LogP) is 3.05. The van der Waals surface area contributed by atoms with Crippen molar-refractivity contribution in [1.82, 2.24) is 4.98 Å². The normalized spacial score (nSPS) is 10.1. The van der Waals surface area contributed by atoms with Crippen LogP contribution in [0.1, 0.15) is 15.9 Å². The van der Waals surface area contributed by atoms with E-state index >= 15 is 0 Å². The molecule has 0 atom stereocenters. The lowest BCUT2D eigenvalue weighted by atomic mass is 10.2. The molecule has 2 aromatic rings. The zero-order valence-electron chi connectivity index (χ0n) is 10.8. The summed E-state index contributed by atoms with van der Waals surface area (Å²) < 4.78 is 5.07. The molecule has 0 spiro atoms. The van der Waals surface area contributed by atoms with Crippen molar-refractivity contribution < 1.29 is 14.6 Å². The number of nitrogens with zero attached hydrogens (tertiary/aromatic N) is 1. The number of anilines is 1. The van der Waals surface area contributed by atoms with E-state index in [1.165, 1.54) is 12.3 Å². The zero-order valence-corrected chi connectivity index (χ0v) is 11.5. The van der Waals surface area contributed by atoms with Crippen molar-refractivity contribution in [3.63, 3.8) is 0 Å².